The number of hydrogen-bond donors (Lipinski definition) is 1. The average Bonchev–Trinajstić information content (AvgIpc) is 2.85. The summed E-state index contributed by atoms with van der Waals surface area (Å²) in [7, 11) is 0. The molecule has 146 valence electrons. The van der Waals surface area contributed by atoms with Crippen LogP contribution in [-0.4, -0.2) is 22.8 Å². The first-order valence-electron chi connectivity index (χ1n) is 10.8. The summed E-state index contributed by atoms with van der Waals surface area (Å²) in [6, 6.07) is 0. The summed E-state index contributed by atoms with van der Waals surface area (Å²) in [6.07, 6.45) is 11.8. The fraction of sp³-hybridized carbons (Fsp3) is 0.870. The smallest absolute Gasteiger partial charge is 0.305 e. The summed E-state index contributed by atoms with van der Waals surface area (Å²) in [6.45, 7) is 8.77. The molecule has 7 atom stereocenters. The Morgan fingerprint density at radius 1 is 1.15 bits per heavy atom. The number of ether oxygens (including phenoxy) is 1. The lowest BCUT2D eigenvalue weighted by molar-refractivity contribution is -0.151. The number of aliphatic hydroxyl groups is 1. The lowest BCUT2D eigenvalue weighted by atomic mass is 9.47. The van der Waals surface area contributed by atoms with E-state index in [0.717, 1.165) is 44.4 Å². The van der Waals surface area contributed by atoms with E-state index in [2.05, 4.69) is 26.8 Å². The Morgan fingerprint density at radius 2 is 1.88 bits per heavy atom. The molecule has 4 aliphatic rings. The summed E-state index contributed by atoms with van der Waals surface area (Å²) >= 11 is 0. The zero-order valence-corrected chi connectivity index (χ0v) is 17.0. The van der Waals surface area contributed by atoms with Gasteiger partial charge in [-0.05, 0) is 80.5 Å². The van der Waals surface area contributed by atoms with E-state index in [4.69, 9.17) is 4.74 Å². The van der Waals surface area contributed by atoms with Crippen LogP contribution in [-0.2, 0) is 9.53 Å². The van der Waals surface area contributed by atoms with Gasteiger partial charge in [-0.1, -0.05) is 32.4 Å². The van der Waals surface area contributed by atoms with Gasteiger partial charge in [0, 0.05) is 12.8 Å². The third-order valence-electron chi connectivity index (χ3n) is 9.21. The molecule has 4 rings (SSSR count). The van der Waals surface area contributed by atoms with Gasteiger partial charge < -0.3 is 9.84 Å². The van der Waals surface area contributed by atoms with Crippen LogP contribution in [0.25, 0.3) is 0 Å². The molecule has 0 aromatic carbocycles. The molecule has 0 heterocycles. The van der Waals surface area contributed by atoms with Crippen LogP contribution >= 0.6 is 0 Å². The SMILES string of the molecule is CCC(=O)O[C@H]1CC[C@@]2(C)C(=CC[C@@H]3[C@@H]2CC[C@@]2(C)[C@H]3CC[C@]2(C)O)C1. The topological polar surface area (TPSA) is 46.5 Å². The molecule has 0 aliphatic heterocycles. The van der Waals surface area contributed by atoms with E-state index in [1.54, 1.807) is 5.57 Å². The second-order valence-electron chi connectivity index (χ2n) is 10.2. The Hall–Kier alpha value is -0.830. The number of esters is 1. The van der Waals surface area contributed by atoms with E-state index in [-0.39, 0.29) is 22.9 Å². The zero-order valence-electron chi connectivity index (χ0n) is 17.0. The predicted molar refractivity (Wildman–Crippen MR) is 102 cm³/mol. The van der Waals surface area contributed by atoms with Gasteiger partial charge in [0.1, 0.15) is 6.10 Å². The molecule has 0 saturated heterocycles. The molecule has 3 saturated carbocycles. The molecule has 0 spiro atoms. The van der Waals surface area contributed by atoms with Crippen LogP contribution in [0.4, 0.5) is 0 Å². The molecule has 0 aromatic heterocycles. The number of hydrogen-bond acceptors (Lipinski definition) is 3. The molecule has 3 nitrogen and oxygen atoms in total. The van der Waals surface area contributed by atoms with E-state index in [0.29, 0.717) is 18.3 Å². The van der Waals surface area contributed by atoms with Gasteiger partial charge in [-0.3, -0.25) is 4.79 Å². The quantitative estimate of drug-likeness (QED) is 0.555. The van der Waals surface area contributed by atoms with Gasteiger partial charge in [0.15, 0.2) is 0 Å². The lowest BCUT2D eigenvalue weighted by Gasteiger charge is -2.58. The maximum absolute atomic E-state index is 11.7. The van der Waals surface area contributed by atoms with Crippen molar-refractivity contribution in [3.63, 3.8) is 0 Å². The highest BCUT2D eigenvalue weighted by molar-refractivity contribution is 5.69. The van der Waals surface area contributed by atoms with E-state index >= 15 is 0 Å². The molecule has 0 aromatic rings. The van der Waals surface area contributed by atoms with Crippen molar-refractivity contribution in [2.75, 3.05) is 0 Å². The first-order valence-corrected chi connectivity index (χ1v) is 10.8. The molecule has 4 aliphatic carbocycles. The average molecular weight is 361 g/mol. The maximum Gasteiger partial charge on any atom is 0.305 e. The summed E-state index contributed by atoms with van der Waals surface area (Å²) in [5.41, 5.74) is 1.41. The van der Waals surface area contributed by atoms with Gasteiger partial charge in [-0.15, -0.1) is 0 Å². The van der Waals surface area contributed by atoms with Crippen molar-refractivity contribution in [3.05, 3.63) is 11.6 Å². The molecule has 26 heavy (non-hydrogen) atoms. The molecule has 3 fully saturated rings. The van der Waals surface area contributed by atoms with Gasteiger partial charge in [-0.2, -0.15) is 0 Å². The second-order valence-corrected chi connectivity index (χ2v) is 10.2. The molecular formula is C23H36O3. The van der Waals surface area contributed by atoms with Crippen molar-refractivity contribution < 1.29 is 14.6 Å². The Labute approximate surface area is 158 Å². The number of carbonyl (C=O) groups is 1. The largest absolute Gasteiger partial charge is 0.462 e. The van der Waals surface area contributed by atoms with Crippen LogP contribution in [0.1, 0.15) is 85.5 Å². The van der Waals surface area contributed by atoms with Crippen LogP contribution in [0.15, 0.2) is 11.6 Å². The van der Waals surface area contributed by atoms with Gasteiger partial charge in [0.2, 0.25) is 0 Å². The minimum Gasteiger partial charge on any atom is -0.462 e. The standard InChI is InChI=1S/C23H36O3/c1-5-20(24)26-16-8-11-21(2)15(14-16)6-7-17-18(21)9-12-22(3)19(17)10-13-23(22,4)25/h6,16-19,25H,5,7-14H2,1-4H3/t16-,17+,18-,19-,21-,22-,23-/m0/s1. The normalized spacial score (nSPS) is 50.3. The highest BCUT2D eigenvalue weighted by Crippen LogP contribution is 2.67. The fourth-order valence-electron chi connectivity index (χ4n) is 7.24. The minimum absolute atomic E-state index is 0.0606. The Kier molecular flexibility index (Phi) is 4.34. The zero-order chi connectivity index (χ0) is 18.7. The van der Waals surface area contributed by atoms with Gasteiger partial charge in [-0.25, -0.2) is 0 Å². The third kappa shape index (κ3) is 2.52. The molecule has 0 radical (unpaired) electrons. The van der Waals surface area contributed by atoms with E-state index in [1.165, 1.54) is 12.8 Å². The van der Waals surface area contributed by atoms with Crippen molar-refractivity contribution in [2.45, 2.75) is 97.2 Å². The Morgan fingerprint density at radius 3 is 2.62 bits per heavy atom. The summed E-state index contributed by atoms with van der Waals surface area (Å²) < 4.78 is 5.67. The predicted octanol–water partition coefficient (Wildman–Crippen LogP) is 5.02. The number of rotatable bonds is 2. The van der Waals surface area contributed by atoms with Crippen molar-refractivity contribution in [2.24, 2.45) is 28.6 Å². The molecule has 0 amide bonds. The van der Waals surface area contributed by atoms with Crippen molar-refractivity contribution in [1.29, 1.82) is 0 Å². The maximum atomic E-state index is 11.7. The van der Waals surface area contributed by atoms with Crippen LogP contribution in [0.2, 0.25) is 0 Å². The monoisotopic (exact) mass is 360 g/mol. The van der Waals surface area contributed by atoms with Crippen LogP contribution in [0.5, 0.6) is 0 Å². The highest BCUT2D eigenvalue weighted by Gasteiger charge is 2.62. The molecule has 3 heteroatoms. The third-order valence-corrected chi connectivity index (χ3v) is 9.21. The van der Waals surface area contributed by atoms with E-state index < -0.39 is 5.60 Å². The number of fused-ring (bicyclic) bond motifs is 5. The molecule has 0 bridgehead atoms. The summed E-state index contributed by atoms with van der Waals surface area (Å²) in [5.74, 6) is 2.04. The van der Waals surface area contributed by atoms with Crippen LogP contribution in [0, 0.1) is 28.6 Å². The lowest BCUT2D eigenvalue weighted by Crippen LogP contribution is -2.53. The van der Waals surface area contributed by atoms with Gasteiger partial charge in [0.25, 0.3) is 0 Å². The fourth-order valence-corrected chi connectivity index (χ4v) is 7.24. The Balaban J connectivity index is 1.57. The van der Waals surface area contributed by atoms with Crippen molar-refractivity contribution >= 4 is 5.97 Å². The van der Waals surface area contributed by atoms with Crippen molar-refractivity contribution in [3.8, 4) is 0 Å². The molecule has 1 N–H and O–H groups in total. The van der Waals surface area contributed by atoms with E-state index in [9.17, 15) is 9.90 Å². The van der Waals surface area contributed by atoms with Crippen LogP contribution < -0.4 is 0 Å². The number of allylic oxidation sites excluding steroid dienone is 1. The first-order chi connectivity index (χ1) is 12.2. The first kappa shape index (κ1) is 18.5. The van der Waals surface area contributed by atoms with Crippen LogP contribution in [0.3, 0.4) is 0 Å². The highest BCUT2D eigenvalue weighted by atomic mass is 16.5. The number of carbonyl (C=O) groups excluding carboxylic acids is 1. The Bertz CT molecular complexity index is 621. The van der Waals surface area contributed by atoms with E-state index in [1.807, 2.05) is 6.92 Å². The molecular weight excluding hydrogens is 324 g/mol. The summed E-state index contributed by atoms with van der Waals surface area (Å²) in [5, 5.41) is 11.0. The van der Waals surface area contributed by atoms with Gasteiger partial charge >= 0.3 is 5.97 Å². The minimum atomic E-state index is -0.500. The van der Waals surface area contributed by atoms with Crippen molar-refractivity contribution in [1.82, 2.24) is 0 Å². The molecule has 0 unspecified atom stereocenters. The second kappa shape index (κ2) is 6.09. The van der Waals surface area contributed by atoms with Gasteiger partial charge in [0.05, 0.1) is 5.60 Å². The summed E-state index contributed by atoms with van der Waals surface area (Å²) in [4.78, 5) is 11.7.